The molecule has 0 atom stereocenters. The Morgan fingerprint density at radius 1 is 0.562 bits per heavy atom. The number of hydrogen-bond donors (Lipinski definition) is 2. The number of aliphatic hydroxyl groups excluding tert-OH is 2. The van der Waals surface area contributed by atoms with E-state index < -0.39 is 0 Å². The van der Waals surface area contributed by atoms with Crippen molar-refractivity contribution in [3.8, 4) is 0 Å². The Morgan fingerprint density at radius 3 is 1.19 bits per heavy atom. The smallest absolute Gasteiger partial charge is 0.0540 e. The molecular weight excluding hydrogens is 200 g/mol. The van der Waals surface area contributed by atoms with Gasteiger partial charge in [0.25, 0.3) is 0 Å². The van der Waals surface area contributed by atoms with Crippen molar-refractivity contribution < 1.29 is 10.2 Å². The van der Waals surface area contributed by atoms with E-state index in [9.17, 15) is 10.2 Å². The first-order valence-electron chi connectivity index (χ1n) is 6.78. The van der Waals surface area contributed by atoms with E-state index in [-0.39, 0.29) is 12.2 Å². The van der Waals surface area contributed by atoms with Crippen molar-refractivity contribution in [2.24, 2.45) is 11.8 Å². The molecule has 16 heavy (non-hydrogen) atoms. The van der Waals surface area contributed by atoms with E-state index in [2.05, 4.69) is 12.2 Å². The van der Waals surface area contributed by atoms with Crippen molar-refractivity contribution in [1.29, 1.82) is 0 Å². The van der Waals surface area contributed by atoms with Gasteiger partial charge in [0.05, 0.1) is 12.2 Å². The van der Waals surface area contributed by atoms with Gasteiger partial charge in [-0.05, 0) is 63.2 Å². The zero-order valence-electron chi connectivity index (χ0n) is 10.0. The second kappa shape index (κ2) is 5.83. The average Bonchev–Trinajstić information content (AvgIpc) is 2.30. The molecule has 2 heteroatoms. The van der Waals surface area contributed by atoms with Gasteiger partial charge in [-0.15, -0.1) is 0 Å². The Balaban J connectivity index is 1.72. The van der Waals surface area contributed by atoms with Crippen molar-refractivity contribution in [2.45, 2.75) is 63.6 Å². The Labute approximate surface area is 98.4 Å². The fraction of sp³-hybridized carbons (Fsp3) is 0.857. The molecule has 92 valence electrons. The second-order valence-corrected chi connectivity index (χ2v) is 5.52. The van der Waals surface area contributed by atoms with Crippen LogP contribution in [0.4, 0.5) is 0 Å². The molecule has 2 nitrogen and oxygen atoms in total. The monoisotopic (exact) mass is 224 g/mol. The lowest BCUT2D eigenvalue weighted by Gasteiger charge is -2.25. The highest BCUT2D eigenvalue weighted by atomic mass is 16.3. The van der Waals surface area contributed by atoms with Gasteiger partial charge in [0, 0.05) is 0 Å². The summed E-state index contributed by atoms with van der Waals surface area (Å²) < 4.78 is 0. The van der Waals surface area contributed by atoms with Crippen LogP contribution in [0.2, 0.25) is 0 Å². The standard InChI is InChI=1S/C14H24O2/c15-13-7-3-11(4-8-13)1-2-12-5-9-14(16)10-6-12/h1-2,11-16H,3-10H2/b2-1-. The maximum Gasteiger partial charge on any atom is 0.0540 e. The summed E-state index contributed by atoms with van der Waals surface area (Å²) in [4.78, 5) is 0. The molecule has 0 aliphatic heterocycles. The molecule has 0 unspecified atom stereocenters. The van der Waals surface area contributed by atoms with E-state index in [0.717, 1.165) is 51.4 Å². The van der Waals surface area contributed by atoms with Crippen LogP contribution in [0.1, 0.15) is 51.4 Å². The molecule has 0 aromatic heterocycles. The number of aliphatic hydroxyl groups is 2. The van der Waals surface area contributed by atoms with Gasteiger partial charge < -0.3 is 10.2 Å². The summed E-state index contributed by atoms with van der Waals surface area (Å²) in [6.45, 7) is 0. The van der Waals surface area contributed by atoms with Crippen LogP contribution >= 0.6 is 0 Å². The van der Waals surface area contributed by atoms with Crippen LogP contribution in [0.3, 0.4) is 0 Å². The zero-order chi connectivity index (χ0) is 11.4. The molecule has 0 saturated heterocycles. The van der Waals surface area contributed by atoms with Gasteiger partial charge >= 0.3 is 0 Å². The lowest BCUT2D eigenvalue weighted by Crippen LogP contribution is -2.18. The third-order valence-corrected chi connectivity index (χ3v) is 4.14. The molecular formula is C14H24O2. The Bertz CT molecular complexity index is 197. The molecule has 2 fully saturated rings. The second-order valence-electron chi connectivity index (χ2n) is 5.52. The van der Waals surface area contributed by atoms with E-state index in [1.807, 2.05) is 0 Å². The maximum atomic E-state index is 9.42. The molecule has 2 N–H and O–H groups in total. The van der Waals surface area contributed by atoms with Gasteiger partial charge in [0.2, 0.25) is 0 Å². The molecule has 0 aromatic carbocycles. The van der Waals surface area contributed by atoms with E-state index in [1.165, 1.54) is 0 Å². The lowest BCUT2D eigenvalue weighted by molar-refractivity contribution is 0.115. The van der Waals surface area contributed by atoms with Crippen molar-refractivity contribution in [1.82, 2.24) is 0 Å². The van der Waals surface area contributed by atoms with Crippen LogP contribution < -0.4 is 0 Å². The third-order valence-electron chi connectivity index (χ3n) is 4.14. The average molecular weight is 224 g/mol. The SMILES string of the molecule is OC1CCC(/C=C\C2CCC(O)CC2)CC1. The van der Waals surface area contributed by atoms with Crippen LogP contribution in [-0.4, -0.2) is 22.4 Å². The van der Waals surface area contributed by atoms with Crippen LogP contribution in [-0.2, 0) is 0 Å². The summed E-state index contributed by atoms with van der Waals surface area (Å²) in [5.41, 5.74) is 0. The molecule has 2 aliphatic carbocycles. The number of hydrogen-bond acceptors (Lipinski definition) is 2. The van der Waals surface area contributed by atoms with E-state index in [1.54, 1.807) is 0 Å². The van der Waals surface area contributed by atoms with Crippen molar-refractivity contribution in [3.63, 3.8) is 0 Å². The van der Waals surface area contributed by atoms with Gasteiger partial charge in [0.1, 0.15) is 0 Å². The summed E-state index contributed by atoms with van der Waals surface area (Å²) >= 11 is 0. The minimum absolute atomic E-state index is 0.0468. The van der Waals surface area contributed by atoms with E-state index in [0.29, 0.717) is 11.8 Å². The van der Waals surface area contributed by atoms with Gasteiger partial charge in [-0.1, -0.05) is 12.2 Å². The summed E-state index contributed by atoms with van der Waals surface area (Å²) in [7, 11) is 0. The number of allylic oxidation sites excluding steroid dienone is 2. The van der Waals surface area contributed by atoms with Crippen molar-refractivity contribution in [3.05, 3.63) is 12.2 Å². The molecule has 0 spiro atoms. The Kier molecular flexibility index (Phi) is 4.42. The normalized spacial score (nSPS) is 41.4. The van der Waals surface area contributed by atoms with Crippen LogP contribution in [0.5, 0.6) is 0 Å². The molecule has 0 bridgehead atoms. The van der Waals surface area contributed by atoms with Crippen LogP contribution in [0.25, 0.3) is 0 Å². The molecule has 0 radical (unpaired) electrons. The minimum atomic E-state index is -0.0468. The molecule has 0 heterocycles. The molecule has 2 rings (SSSR count). The fourth-order valence-electron chi connectivity index (χ4n) is 2.90. The Morgan fingerprint density at radius 2 is 0.875 bits per heavy atom. The highest BCUT2D eigenvalue weighted by Gasteiger charge is 2.19. The van der Waals surface area contributed by atoms with Crippen LogP contribution in [0.15, 0.2) is 12.2 Å². The van der Waals surface area contributed by atoms with Gasteiger partial charge in [-0.3, -0.25) is 0 Å². The molecule has 2 aliphatic rings. The number of rotatable bonds is 2. The summed E-state index contributed by atoms with van der Waals surface area (Å²) in [6.07, 6.45) is 13.1. The molecule has 0 aromatic rings. The topological polar surface area (TPSA) is 40.5 Å². The summed E-state index contributed by atoms with van der Waals surface area (Å²) in [6, 6.07) is 0. The van der Waals surface area contributed by atoms with E-state index in [4.69, 9.17) is 0 Å². The molecule has 2 saturated carbocycles. The first-order chi connectivity index (χ1) is 7.74. The minimum Gasteiger partial charge on any atom is -0.393 e. The van der Waals surface area contributed by atoms with Gasteiger partial charge in [0.15, 0.2) is 0 Å². The van der Waals surface area contributed by atoms with Gasteiger partial charge in [-0.25, -0.2) is 0 Å². The highest BCUT2D eigenvalue weighted by Crippen LogP contribution is 2.29. The predicted octanol–water partition coefficient (Wildman–Crippen LogP) is 2.64. The highest BCUT2D eigenvalue weighted by molar-refractivity contribution is 4.96. The Hall–Kier alpha value is -0.340. The largest absolute Gasteiger partial charge is 0.393 e. The zero-order valence-corrected chi connectivity index (χ0v) is 10.0. The van der Waals surface area contributed by atoms with Crippen molar-refractivity contribution >= 4 is 0 Å². The first kappa shape index (κ1) is 12.1. The summed E-state index contributed by atoms with van der Waals surface area (Å²) in [5, 5.41) is 18.8. The first-order valence-corrected chi connectivity index (χ1v) is 6.78. The quantitative estimate of drug-likeness (QED) is 0.708. The fourth-order valence-corrected chi connectivity index (χ4v) is 2.90. The summed E-state index contributed by atoms with van der Waals surface area (Å²) in [5.74, 6) is 1.38. The van der Waals surface area contributed by atoms with Gasteiger partial charge in [-0.2, -0.15) is 0 Å². The van der Waals surface area contributed by atoms with Crippen molar-refractivity contribution in [2.75, 3.05) is 0 Å². The maximum absolute atomic E-state index is 9.42. The van der Waals surface area contributed by atoms with E-state index >= 15 is 0 Å². The lowest BCUT2D eigenvalue weighted by atomic mass is 9.83. The third kappa shape index (κ3) is 3.60. The predicted molar refractivity (Wildman–Crippen MR) is 65.1 cm³/mol. The van der Waals surface area contributed by atoms with Crippen LogP contribution in [0, 0.1) is 11.8 Å². The molecule has 0 amide bonds.